The fourth-order valence-corrected chi connectivity index (χ4v) is 1.39. The molecule has 0 N–H and O–H groups in total. The van der Waals surface area contributed by atoms with Gasteiger partial charge in [-0.1, -0.05) is 0 Å². The van der Waals surface area contributed by atoms with Crippen LogP contribution in [0.2, 0.25) is 0 Å². The number of pyridine rings is 1. The van der Waals surface area contributed by atoms with Crippen LogP contribution < -0.4 is 4.90 Å². The van der Waals surface area contributed by atoms with Gasteiger partial charge in [-0.15, -0.1) is 0 Å². The third kappa shape index (κ3) is 2.02. The molecular formula is C11H15N3. The molecular weight excluding hydrogens is 174 g/mol. The van der Waals surface area contributed by atoms with Crippen molar-refractivity contribution in [1.82, 2.24) is 4.98 Å². The number of anilines is 1. The Balaban J connectivity index is 3.02. The van der Waals surface area contributed by atoms with Crippen LogP contribution in [0.25, 0.3) is 0 Å². The number of nitriles is 1. The average molecular weight is 189 g/mol. The van der Waals surface area contributed by atoms with E-state index in [1.54, 1.807) is 0 Å². The van der Waals surface area contributed by atoms with Crippen LogP contribution in [0.4, 0.5) is 5.82 Å². The summed E-state index contributed by atoms with van der Waals surface area (Å²) in [4.78, 5) is 6.55. The van der Waals surface area contributed by atoms with Crippen molar-refractivity contribution >= 4 is 5.82 Å². The molecule has 1 aromatic rings. The Labute approximate surface area is 85.0 Å². The van der Waals surface area contributed by atoms with E-state index in [9.17, 15) is 0 Å². The lowest BCUT2D eigenvalue weighted by Gasteiger charge is -2.19. The molecule has 0 bridgehead atoms. The summed E-state index contributed by atoms with van der Waals surface area (Å²) in [5, 5.41) is 8.76. The van der Waals surface area contributed by atoms with Crippen LogP contribution in [-0.2, 0) is 0 Å². The van der Waals surface area contributed by atoms with E-state index in [4.69, 9.17) is 5.26 Å². The molecule has 1 aromatic heterocycles. The molecule has 0 aliphatic heterocycles. The second-order valence-electron chi connectivity index (χ2n) is 3.09. The monoisotopic (exact) mass is 189 g/mol. The molecule has 74 valence electrons. The molecule has 3 nitrogen and oxygen atoms in total. The van der Waals surface area contributed by atoms with Crippen LogP contribution >= 0.6 is 0 Å². The molecule has 0 aliphatic rings. The van der Waals surface area contributed by atoms with Gasteiger partial charge in [-0.2, -0.15) is 5.26 Å². The summed E-state index contributed by atoms with van der Waals surface area (Å²) in [6, 6.07) is 5.85. The van der Waals surface area contributed by atoms with E-state index in [2.05, 4.69) is 29.8 Å². The van der Waals surface area contributed by atoms with Gasteiger partial charge in [0.25, 0.3) is 0 Å². The zero-order valence-electron chi connectivity index (χ0n) is 8.91. The summed E-state index contributed by atoms with van der Waals surface area (Å²) >= 11 is 0. The number of rotatable bonds is 3. The van der Waals surface area contributed by atoms with Crippen molar-refractivity contribution in [3.05, 3.63) is 23.4 Å². The third-order valence-electron chi connectivity index (χ3n) is 2.28. The van der Waals surface area contributed by atoms with Crippen LogP contribution in [0.1, 0.15) is 25.1 Å². The van der Waals surface area contributed by atoms with Crippen molar-refractivity contribution < 1.29 is 0 Å². The Kier molecular flexibility index (Phi) is 3.47. The zero-order valence-corrected chi connectivity index (χ0v) is 8.91. The molecule has 1 rings (SSSR count). The van der Waals surface area contributed by atoms with Crippen LogP contribution in [0.5, 0.6) is 0 Å². The second kappa shape index (κ2) is 4.61. The van der Waals surface area contributed by atoms with Crippen molar-refractivity contribution in [3.63, 3.8) is 0 Å². The molecule has 0 atom stereocenters. The van der Waals surface area contributed by atoms with Crippen LogP contribution in [0, 0.1) is 18.3 Å². The lowest BCUT2D eigenvalue weighted by molar-refractivity contribution is 0.842. The van der Waals surface area contributed by atoms with Gasteiger partial charge in [0.2, 0.25) is 0 Å². The molecule has 0 aromatic carbocycles. The van der Waals surface area contributed by atoms with Gasteiger partial charge in [0, 0.05) is 13.1 Å². The maximum absolute atomic E-state index is 8.76. The molecule has 0 unspecified atom stereocenters. The quantitative estimate of drug-likeness (QED) is 0.731. The number of nitrogens with zero attached hydrogens (tertiary/aromatic N) is 3. The Hall–Kier alpha value is -1.56. The van der Waals surface area contributed by atoms with Crippen molar-refractivity contribution in [2.45, 2.75) is 20.8 Å². The van der Waals surface area contributed by atoms with E-state index in [1.807, 2.05) is 19.1 Å². The molecule has 0 spiro atoms. The molecule has 0 amide bonds. The van der Waals surface area contributed by atoms with Crippen molar-refractivity contribution in [1.29, 1.82) is 5.26 Å². The van der Waals surface area contributed by atoms with Crippen LogP contribution in [0.3, 0.4) is 0 Å². The Morgan fingerprint density at radius 1 is 1.36 bits per heavy atom. The summed E-state index contributed by atoms with van der Waals surface area (Å²) in [6.07, 6.45) is 0. The fraction of sp³-hybridized carbons (Fsp3) is 0.455. The number of aryl methyl sites for hydroxylation is 1. The topological polar surface area (TPSA) is 39.9 Å². The minimum absolute atomic E-state index is 0.654. The maximum atomic E-state index is 8.76. The summed E-state index contributed by atoms with van der Waals surface area (Å²) in [5.41, 5.74) is 1.46. The normalized spacial score (nSPS) is 9.57. The second-order valence-corrected chi connectivity index (χ2v) is 3.09. The molecule has 1 heterocycles. The van der Waals surface area contributed by atoms with E-state index >= 15 is 0 Å². The highest BCUT2D eigenvalue weighted by Crippen LogP contribution is 2.13. The van der Waals surface area contributed by atoms with E-state index in [-0.39, 0.29) is 0 Å². The van der Waals surface area contributed by atoms with Gasteiger partial charge in [0.1, 0.15) is 11.9 Å². The maximum Gasteiger partial charge on any atom is 0.128 e. The Bertz CT molecular complexity index is 348. The largest absolute Gasteiger partial charge is 0.357 e. The molecule has 0 fully saturated rings. The first-order valence-electron chi connectivity index (χ1n) is 4.85. The molecule has 0 radical (unpaired) electrons. The minimum atomic E-state index is 0.654. The van der Waals surface area contributed by atoms with E-state index < -0.39 is 0 Å². The fourth-order valence-electron chi connectivity index (χ4n) is 1.39. The van der Waals surface area contributed by atoms with Gasteiger partial charge in [-0.25, -0.2) is 4.98 Å². The van der Waals surface area contributed by atoms with E-state index in [1.165, 1.54) is 0 Å². The zero-order chi connectivity index (χ0) is 10.6. The highest BCUT2D eigenvalue weighted by Gasteiger charge is 2.05. The predicted octanol–water partition coefficient (Wildman–Crippen LogP) is 2.11. The first kappa shape index (κ1) is 10.5. The van der Waals surface area contributed by atoms with Crippen LogP contribution in [0.15, 0.2) is 12.1 Å². The number of hydrogen-bond acceptors (Lipinski definition) is 3. The highest BCUT2D eigenvalue weighted by atomic mass is 15.2. The lowest BCUT2D eigenvalue weighted by Crippen LogP contribution is -2.23. The summed E-state index contributed by atoms with van der Waals surface area (Å²) in [7, 11) is 0. The van der Waals surface area contributed by atoms with Gasteiger partial charge in [0.05, 0.1) is 11.3 Å². The van der Waals surface area contributed by atoms with Crippen molar-refractivity contribution in [3.8, 4) is 6.07 Å². The molecule has 0 aliphatic carbocycles. The average Bonchev–Trinajstić information content (AvgIpc) is 2.20. The van der Waals surface area contributed by atoms with E-state index in [0.717, 1.165) is 24.6 Å². The van der Waals surface area contributed by atoms with Gasteiger partial charge >= 0.3 is 0 Å². The first-order chi connectivity index (χ1) is 6.72. The van der Waals surface area contributed by atoms with Crippen LogP contribution in [-0.4, -0.2) is 18.1 Å². The van der Waals surface area contributed by atoms with Gasteiger partial charge in [-0.3, -0.25) is 0 Å². The van der Waals surface area contributed by atoms with E-state index in [0.29, 0.717) is 5.56 Å². The summed E-state index contributed by atoms with van der Waals surface area (Å²) in [6.45, 7) is 7.94. The Morgan fingerprint density at radius 3 is 2.43 bits per heavy atom. The first-order valence-corrected chi connectivity index (χ1v) is 4.85. The summed E-state index contributed by atoms with van der Waals surface area (Å²) in [5.74, 6) is 0.950. The number of aromatic nitrogens is 1. The Morgan fingerprint density at radius 2 is 2.00 bits per heavy atom. The molecule has 0 saturated heterocycles. The molecule has 0 saturated carbocycles. The predicted molar refractivity (Wildman–Crippen MR) is 57.3 cm³/mol. The van der Waals surface area contributed by atoms with Crippen molar-refractivity contribution in [2.75, 3.05) is 18.0 Å². The number of hydrogen-bond donors (Lipinski definition) is 0. The SMILES string of the molecule is CCN(CC)c1ccc(C#N)c(C)n1. The third-order valence-corrected chi connectivity index (χ3v) is 2.28. The van der Waals surface area contributed by atoms with Gasteiger partial charge < -0.3 is 4.90 Å². The summed E-state index contributed by atoms with van der Waals surface area (Å²) < 4.78 is 0. The van der Waals surface area contributed by atoms with Crippen molar-refractivity contribution in [2.24, 2.45) is 0 Å². The molecule has 14 heavy (non-hydrogen) atoms. The van der Waals surface area contributed by atoms with Gasteiger partial charge in [-0.05, 0) is 32.9 Å². The standard InChI is InChI=1S/C11H15N3/c1-4-14(5-2)11-7-6-10(8-12)9(3)13-11/h6-7H,4-5H2,1-3H3. The molecule has 3 heteroatoms. The smallest absolute Gasteiger partial charge is 0.128 e. The van der Waals surface area contributed by atoms with Gasteiger partial charge in [0.15, 0.2) is 0 Å². The minimum Gasteiger partial charge on any atom is -0.357 e. The highest BCUT2D eigenvalue weighted by molar-refractivity contribution is 5.44. The lowest BCUT2D eigenvalue weighted by atomic mass is 10.2.